The van der Waals surface area contributed by atoms with Crippen molar-refractivity contribution < 1.29 is 4.74 Å². The van der Waals surface area contributed by atoms with E-state index in [4.69, 9.17) is 10.5 Å². The summed E-state index contributed by atoms with van der Waals surface area (Å²) in [5.74, 6) is 0. The number of anilines is 2. The molecule has 0 saturated heterocycles. The first kappa shape index (κ1) is 14.6. The van der Waals surface area contributed by atoms with E-state index in [0.29, 0.717) is 5.41 Å². The third-order valence-corrected chi connectivity index (χ3v) is 4.73. The molecule has 0 spiro atoms. The Morgan fingerprint density at radius 3 is 2.95 bits per heavy atom. The van der Waals surface area contributed by atoms with Crippen molar-refractivity contribution in [1.29, 1.82) is 0 Å². The minimum atomic E-state index is 0.402. The Kier molecular flexibility index (Phi) is 4.04. The van der Waals surface area contributed by atoms with Crippen LogP contribution in [0.5, 0.6) is 0 Å². The average molecular weight is 350 g/mol. The summed E-state index contributed by atoms with van der Waals surface area (Å²) in [5, 5.41) is 4.54. The van der Waals surface area contributed by atoms with Crippen LogP contribution in [0.15, 0.2) is 28.9 Å². The number of nitrogens with zero attached hydrogens (tertiary/aromatic N) is 1. The number of methoxy groups -OCH3 is 1. The summed E-state index contributed by atoms with van der Waals surface area (Å²) in [6.45, 7) is 1.79. The Balaban J connectivity index is 1.80. The fourth-order valence-electron chi connectivity index (χ4n) is 2.65. The van der Waals surface area contributed by atoms with E-state index in [9.17, 15) is 0 Å². The highest BCUT2D eigenvalue weighted by molar-refractivity contribution is 9.10. The molecule has 1 heterocycles. The Labute approximate surface area is 133 Å². The van der Waals surface area contributed by atoms with Crippen molar-refractivity contribution in [2.75, 3.05) is 31.3 Å². The van der Waals surface area contributed by atoms with Gasteiger partial charge in [-0.3, -0.25) is 4.98 Å². The SMILES string of the molecule is COCCC1(CNc2ccc(N)c3cc(Br)cnc23)CC1. The summed E-state index contributed by atoms with van der Waals surface area (Å²) in [7, 11) is 1.76. The molecular formula is C16H20BrN3O. The van der Waals surface area contributed by atoms with E-state index in [2.05, 4.69) is 26.2 Å². The number of nitrogen functional groups attached to an aromatic ring is 1. The molecule has 21 heavy (non-hydrogen) atoms. The third-order valence-electron chi connectivity index (χ3n) is 4.30. The lowest BCUT2D eigenvalue weighted by Gasteiger charge is -2.17. The summed E-state index contributed by atoms with van der Waals surface area (Å²) in [5.41, 5.74) is 9.19. The predicted molar refractivity (Wildman–Crippen MR) is 90.5 cm³/mol. The summed E-state index contributed by atoms with van der Waals surface area (Å²) in [6.07, 6.45) is 5.47. The van der Waals surface area contributed by atoms with E-state index < -0.39 is 0 Å². The van der Waals surface area contributed by atoms with E-state index >= 15 is 0 Å². The van der Waals surface area contributed by atoms with Gasteiger partial charge in [-0.15, -0.1) is 0 Å². The zero-order valence-electron chi connectivity index (χ0n) is 12.2. The quantitative estimate of drug-likeness (QED) is 0.778. The van der Waals surface area contributed by atoms with Gasteiger partial charge >= 0.3 is 0 Å². The minimum absolute atomic E-state index is 0.402. The first-order chi connectivity index (χ1) is 10.1. The van der Waals surface area contributed by atoms with Crippen LogP contribution in [0.4, 0.5) is 11.4 Å². The highest BCUT2D eigenvalue weighted by atomic mass is 79.9. The van der Waals surface area contributed by atoms with Crippen LogP contribution >= 0.6 is 15.9 Å². The normalized spacial score (nSPS) is 16.1. The number of nitrogens with one attached hydrogen (secondary N) is 1. The van der Waals surface area contributed by atoms with Crippen molar-refractivity contribution in [1.82, 2.24) is 4.98 Å². The van der Waals surface area contributed by atoms with Gasteiger partial charge in [0.25, 0.3) is 0 Å². The maximum absolute atomic E-state index is 6.05. The van der Waals surface area contributed by atoms with Gasteiger partial charge in [0, 0.05) is 42.0 Å². The molecule has 1 saturated carbocycles. The minimum Gasteiger partial charge on any atom is -0.398 e. The molecule has 0 unspecified atom stereocenters. The maximum atomic E-state index is 6.05. The van der Waals surface area contributed by atoms with E-state index in [1.165, 1.54) is 12.8 Å². The maximum Gasteiger partial charge on any atom is 0.0954 e. The van der Waals surface area contributed by atoms with Crippen LogP contribution in [0.25, 0.3) is 10.9 Å². The van der Waals surface area contributed by atoms with E-state index in [0.717, 1.165) is 46.3 Å². The molecule has 112 valence electrons. The van der Waals surface area contributed by atoms with Gasteiger partial charge in [0.05, 0.1) is 11.2 Å². The lowest BCUT2D eigenvalue weighted by molar-refractivity contribution is 0.175. The van der Waals surface area contributed by atoms with Crippen molar-refractivity contribution in [2.24, 2.45) is 5.41 Å². The van der Waals surface area contributed by atoms with Gasteiger partial charge in [-0.2, -0.15) is 0 Å². The van der Waals surface area contributed by atoms with Crippen molar-refractivity contribution in [3.8, 4) is 0 Å². The molecule has 4 nitrogen and oxygen atoms in total. The number of fused-ring (bicyclic) bond motifs is 1. The number of ether oxygens (including phenoxy) is 1. The molecule has 0 radical (unpaired) electrons. The second-order valence-electron chi connectivity index (χ2n) is 5.85. The van der Waals surface area contributed by atoms with E-state index in [1.54, 1.807) is 7.11 Å². The Bertz CT molecular complexity index is 655. The smallest absolute Gasteiger partial charge is 0.0954 e. The molecule has 1 aliphatic carbocycles. The number of benzene rings is 1. The molecule has 3 rings (SSSR count). The van der Waals surface area contributed by atoms with Crippen LogP contribution in [0, 0.1) is 5.41 Å². The van der Waals surface area contributed by atoms with Crippen LogP contribution in [0.2, 0.25) is 0 Å². The van der Waals surface area contributed by atoms with Gasteiger partial charge in [0.2, 0.25) is 0 Å². The van der Waals surface area contributed by atoms with Crippen molar-refractivity contribution in [3.05, 3.63) is 28.9 Å². The summed E-state index contributed by atoms with van der Waals surface area (Å²) in [4.78, 5) is 4.51. The number of pyridine rings is 1. The monoisotopic (exact) mass is 349 g/mol. The van der Waals surface area contributed by atoms with Crippen LogP contribution in [0.1, 0.15) is 19.3 Å². The lowest BCUT2D eigenvalue weighted by Crippen LogP contribution is -2.17. The highest BCUT2D eigenvalue weighted by Crippen LogP contribution is 2.48. The molecule has 0 aliphatic heterocycles. The number of aromatic nitrogens is 1. The Morgan fingerprint density at radius 2 is 2.24 bits per heavy atom. The fourth-order valence-corrected chi connectivity index (χ4v) is 2.98. The predicted octanol–water partition coefficient (Wildman–Crippen LogP) is 3.81. The number of hydrogen-bond donors (Lipinski definition) is 2. The number of halogens is 1. The van der Waals surface area contributed by atoms with Crippen LogP contribution in [0.3, 0.4) is 0 Å². The first-order valence-corrected chi connectivity index (χ1v) is 7.99. The zero-order valence-corrected chi connectivity index (χ0v) is 13.7. The highest BCUT2D eigenvalue weighted by Gasteiger charge is 2.41. The second kappa shape index (κ2) is 5.81. The van der Waals surface area contributed by atoms with Crippen molar-refractivity contribution in [3.63, 3.8) is 0 Å². The van der Waals surface area contributed by atoms with Gasteiger partial charge in [-0.05, 0) is 58.8 Å². The van der Waals surface area contributed by atoms with E-state index in [-0.39, 0.29) is 0 Å². The summed E-state index contributed by atoms with van der Waals surface area (Å²) in [6, 6.07) is 5.97. The van der Waals surface area contributed by atoms with Gasteiger partial charge in [-0.1, -0.05) is 0 Å². The van der Waals surface area contributed by atoms with Gasteiger partial charge in [-0.25, -0.2) is 0 Å². The number of nitrogens with two attached hydrogens (primary N) is 1. The zero-order chi connectivity index (χ0) is 14.9. The molecule has 5 heteroatoms. The van der Waals surface area contributed by atoms with Crippen molar-refractivity contribution in [2.45, 2.75) is 19.3 Å². The molecule has 3 N–H and O–H groups in total. The molecule has 1 aromatic heterocycles. The second-order valence-corrected chi connectivity index (χ2v) is 6.76. The average Bonchev–Trinajstić information content (AvgIpc) is 3.25. The van der Waals surface area contributed by atoms with Crippen LogP contribution < -0.4 is 11.1 Å². The summed E-state index contributed by atoms with van der Waals surface area (Å²) < 4.78 is 6.15. The number of rotatable bonds is 6. The molecule has 2 aromatic rings. The van der Waals surface area contributed by atoms with Gasteiger partial charge in [0.1, 0.15) is 0 Å². The lowest BCUT2D eigenvalue weighted by atomic mass is 10.0. The summed E-state index contributed by atoms with van der Waals surface area (Å²) >= 11 is 3.45. The Hall–Kier alpha value is -1.33. The van der Waals surface area contributed by atoms with Crippen LogP contribution in [-0.2, 0) is 4.74 Å². The molecule has 1 fully saturated rings. The first-order valence-electron chi connectivity index (χ1n) is 7.20. The number of hydrogen-bond acceptors (Lipinski definition) is 4. The fraction of sp³-hybridized carbons (Fsp3) is 0.438. The van der Waals surface area contributed by atoms with Crippen molar-refractivity contribution >= 4 is 38.2 Å². The topological polar surface area (TPSA) is 60.2 Å². The Morgan fingerprint density at radius 1 is 1.43 bits per heavy atom. The molecular weight excluding hydrogens is 330 g/mol. The third kappa shape index (κ3) is 3.14. The van der Waals surface area contributed by atoms with Gasteiger partial charge < -0.3 is 15.8 Å². The van der Waals surface area contributed by atoms with Crippen LogP contribution in [-0.4, -0.2) is 25.2 Å². The molecule has 0 bridgehead atoms. The molecule has 1 aliphatic rings. The molecule has 1 aromatic carbocycles. The van der Waals surface area contributed by atoms with Gasteiger partial charge in [0.15, 0.2) is 0 Å². The standard InChI is InChI=1S/C16H20BrN3O/c1-21-7-6-16(4-5-16)10-20-14-3-2-13(18)12-8-11(17)9-19-15(12)14/h2-3,8-9,20H,4-7,10,18H2,1H3. The molecule has 0 atom stereocenters. The van der Waals surface area contributed by atoms with E-state index in [1.807, 2.05) is 24.4 Å². The molecule has 0 amide bonds. The largest absolute Gasteiger partial charge is 0.398 e.